The van der Waals surface area contributed by atoms with Gasteiger partial charge in [-0.1, -0.05) is 90.9 Å². The van der Waals surface area contributed by atoms with E-state index in [2.05, 4.69) is 13.8 Å². The molecule has 0 atom stereocenters. The second kappa shape index (κ2) is 26.8. The average molecular weight is 403 g/mol. The van der Waals surface area contributed by atoms with Crippen molar-refractivity contribution in [3.63, 3.8) is 0 Å². The highest BCUT2D eigenvalue weighted by molar-refractivity contribution is 4.46. The summed E-state index contributed by atoms with van der Waals surface area (Å²) in [4.78, 5) is 0. The van der Waals surface area contributed by atoms with Gasteiger partial charge in [0.05, 0.1) is 39.6 Å². The number of hydrogen-bond donors (Lipinski definition) is 0. The van der Waals surface area contributed by atoms with Crippen molar-refractivity contribution in [2.75, 3.05) is 52.9 Å². The Kier molecular flexibility index (Phi) is 26.7. The molecular formula is C24H50O4. The first-order chi connectivity index (χ1) is 13.9. The Morgan fingerprint density at radius 1 is 0.286 bits per heavy atom. The monoisotopic (exact) mass is 402 g/mol. The predicted octanol–water partition coefficient (Wildman–Crippen LogP) is 6.55. The molecule has 0 unspecified atom stereocenters. The highest BCUT2D eigenvalue weighted by Gasteiger charge is 1.95. The van der Waals surface area contributed by atoms with Crippen molar-refractivity contribution in [1.29, 1.82) is 0 Å². The minimum atomic E-state index is 0.637. The average Bonchev–Trinajstić information content (AvgIpc) is 2.71. The largest absolute Gasteiger partial charge is 0.379 e. The second-order valence-corrected chi connectivity index (χ2v) is 7.69. The van der Waals surface area contributed by atoms with Gasteiger partial charge in [0.2, 0.25) is 0 Å². The van der Waals surface area contributed by atoms with Gasteiger partial charge in [-0.3, -0.25) is 0 Å². The van der Waals surface area contributed by atoms with Crippen molar-refractivity contribution >= 4 is 0 Å². The molecule has 0 N–H and O–H groups in total. The molecule has 0 aromatic carbocycles. The fourth-order valence-electron chi connectivity index (χ4n) is 3.08. The molecule has 0 aromatic heterocycles. The van der Waals surface area contributed by atoms with Crippen LogP contribution in [-0.2, 0) is 18.9 Å². The first-order valence-corrected chi connectivity index (χ1v) is 12.2. The van der Waals surface area contributed by atoms with Crippen LogP contribution in [0.4, 0.5) is 0 Å². The highest BCUT2D eigenvalue weighted by atomic mass is 16.6. The molecule has 0 saturated carbocycles. The number of ether oxygens (including phenoxy) is 4. The number of unbranched alkanes of at least 4 members (excludes halogenated alkanes) is 12. The summed E-state index contributed by atoms with van der Waals surface area (Å²) < 4.78 is 22.2. The number of hydrogen-bond acceptors (Lipinski definition) is 4. The van der Waals surface area contributed by atoms with Crippen LogP contribution >= 0.6 is 0 Å². The van der Waals surface area contributed by atoms with Crippen LogP contribution in [0.1, 0.15) is 104 Å². The van der Waals surface area contributed by atoms with Crippen LogP contribution in [0.15, 0.2) is 0 Å². The van der Waals surface area contributed by atoms with E-state index in [0.717, 1.165) is 13.2 Å². The van der Waals surface area contributed by atoms with Gasteiger partial charge in [-0.05, 0) is 12.8 Å². The van der Waals surface area contributed by atoms with E-state index >= 15 is 0 Å². The van der Waals surface area contributed by atoms with Crippen molar-refractivity contribution < 1.29 is 18.9 Å². The van der Waals surface area contributed by atoms with Crippen LogP contribution in [-0.4, -0.2) is 52.9 Å². The lowest BCUT2D eigenvalue weighted by molar-refractivity contribution is -0.00248. The summed E-state index contributed by atoms with van der Waals surface area (Å²) in [5.74, 6) is 0. The summed E-state index contributed by atoms with van der Waals surface area (Å²) in [6.07, 6.45) is 18.6. The molecule has 4 nitrogen and oxygen atoms in total. The SMILES string of the molecule is CCCCCCCCCCOCCOCCOCCOCCCCCCCC. The van der Waals surface area contributed by atoms with Crippen LogP contribution in [0.2, 0.25) is 0 Å². The Hall–Kier alpha value is -0.160. The van der Waals surface area contributed by atoms with E-state index in [1.165, 1.54) is 89.9 Å². The van der Waals surface area contributed by atoms with Gasteiger partial charge in [-0.2, -0.15) is 0 Å². The van der Waals surface area contributed by atoms with Crippen molar-refractivity contribution in [3.8, 4) is 0 Å². The standard InChI is InChI=1S/C24H50O4/c1-3-5-7-9-11-12-14-16-18-26-20-22-28-24-23-27-21-19-25-17-15-13-10-8-6-4-2/h3-24H2,1-2H3. The molecule has 0 amide bonds. The van der Waals surface area contributed by atoms with Gasteiger partial charge >= 0.3 is 0 Å². The molecule has 0 fully saturated rings. The van der Waals surface area contributed by atoms with Gasteiger partial charge in [0.15, 0.2) is 0 Å². The van der Waals surface area contributed by atoms with E-state index in [4.69, 9.17) is 18.9 Å². The van der Waals surface area contributed by atoms with Crippen LogP contribution in [0.3, 0.4) is 0 Å². The van der Waals surface area contributed by atoms with Crippen molar-refractivity contribution in [2.24, 2.45) is 0 Å². The molecule has 0 spiro atoms. The van der Waals surface area contributed by atoms with Gasteiger partial charge in [-0.25, -0.2) is 0 Å². The maximum Gasteiger partial charge on any atom is 0.0701 e. The van der Waals surface area contributed by atoms with E-state index in [0.29, 0.717) is 39.6 Å². The van der Waals surface area contributed by atoms with E-state index < -0.39 is 0 Å². The molecule has 4 heteroatoms. The summed E-state index contributed by atoms with van der Waals surface area (Å²) in [5, 5.41) is 0. The van der Waals surface area contributed by atoms with Crippen LogP contribution in [0.25, 0.3) is 0 Å². The minimum Gasteiger partial charge on any atom is -0.379 e. The fourth-order valence-corrected chi connectivity index (χ4v) is 3.08. The minimum absolute atomic E-state index is 0.637. The lowest BCUT2D eigenvalue weighted by atomic mass is 10.1. The lowest BCUT2D eigenvalue weighted by Gasteiger charge is -2.07. The summed E-state index contributed by atoms with van der Waals surface area (Å²) in [7, 11) is 0. The fraction of sp³-hybridized carbons (Fsp3) is 1.00. The Labute approximate surface area is 176 Å². The molecule has 0 rings (SSSR count). The predicted molar refractivity (Wildman–Crippen MR) is 119 cm³/mol. The van der Waals surface area contributed by atoms with E-state index in [9.17, 15) is 0 Å². The topological polar surface area (TPSA) is 36.9 Å². The van der Waals surface area contributed by atoms with Crippen molar-refractivity contribution in [3.05, 3.63) is 0 Å². The van der Waals surface area contributed by atoms with E-state index in [1.54, 1.807) is 0 Å². The Bertz CT molecular complexity index is 235. The highest BCUT2D eigenvalue weighted by Crippen LogP contribution is 2.08. The zero-order valence-corrected chi connectivity index (χ0v) is 19.2. The van der Waals surface area contributed by atoms with Crippen molar-refractivity contribution in [2.45, 2.75) is 104 Å². The third kappa shape index (κ3) is 25.8. The molecule has 0 bridgehead atoms. The first kappa shape index (κ1) is 27.8. The summed E-state index contributed by atoms with van der Waals surface area (Å²) in [6, 6.07) is 0. The third-order valence-electron chi connectivity index (χ3n) is 4.90. The summed E-state index contributed by atoms with van der Waals surface area (Å²) in [5.41, 5.74) is 0. The van der Waals surface area contributed by atoms with Gasteiger partial charge in [0.1, 0.15) is 0 Å². The molecule has 0 aliphatic carbocycles. The van der Waals surface area contributed by atoms with Crippen molar-refractivity contribution in [1.82, 2.24) is 0 Å². The zero-order chi connectivity index (χ0) is 20.4. The maximum atomic E-state index is 5.61. The molecule has 0 aliphatic rings. The van der Waals surface area contributed by atoms with Gasteiger partial charge < -0.3 is 18.9 Å². The molecule has 0 radical (unpaired) electrons. The van der Waals surface area contributed by atoms with Crippen LogP contribution in [0.5, 0.6) is 0 Å². The smallest absolute Gasteiger partial charge is 0.0701 e. The summed E-state index contributed by atoms with van der Waals surface area (Å²) in [6.45, 7) is 10.2. The Balaban J connectivity index is 2.96. The molecule has 0 heterocycles. The molecular weight excluding hydrogens is 352 g/mol. The van der Waals surface area contributed by atoms with E-state index in [1.807, 2.05) is 0 Å². The van der Waals surface area contributed by atoms with Crippen LogP contribution < -0.4 is 0 Å². The molecule has 170 valence electrons. The molecule has 0 aromatic rings. The lowest BCUT2D eigenvalue weighted by Crippen LogP contribution is -2.12. The molecule has 0 saturated heterocycles. The van der Waals surface area contributed by atoms with E-state index in [-0.39, 0.29) is 0 Å². The van der Waals surface area contributed by atoms with Gasteiger partial charge in [0.25, 0.3) is 0 Å². The van der Waals surface area contributed by atoms with Gasteiger partial charge in [0, 0.05) is 13.2 Å². The summed E-state index contributed by atoms with van der Waals surface area (Å²) >= 11 is 0. The third-order valence-corrected chi connectivity index (χ3v) is 4.90. The van der Waals surface area contributed by atoms with Crippen LogP contribution in [0, 0.1) is 0 Å². The maximum absolute atomic E-state index is 5.61. The quantitative estimate of drug-likeness (QED) is 0.162. The van der Waals surface area contributed by atoms with Gasteiger partial charge in [-0.15, -0.1) is 0 Å². The molecule has 0 aliphatic heterocycles. The Morgan fingerprint density at radius 2 is 0.536 bits per heavy atom. The number of rotatable bonds is 25. The Morgan fingerprint density at radius 3 is 0.857 bits per heavy atom. The first-order valence-electron chi connectivity index (χ1n) is 12.2. The zero-order valence-electron chi connectivity index (χ0n) is 19.2. The molecule has 28 heavy (non-hydrogen) atoms. The second-order valence-electron chi connectivity index (χ2n) is 7.69. The normalized spacial score (nSPS) is 11.4.